The van der Waals surface area contributed by atoms with Crippen LogP contribution >= 0.6 is 0 Å². The van der Waals surface area contributed by atoms with Crippen LogP contribution in [0.5, 0.6) is 5.75 Å². The normalized spacial score (nSPS) is 17.5. The quantitative estimate of drug-likeness (QED) is 0.813. The van der Waals surface area contributed by atoms with Gasteiger partial charge in [0.2, 0.25) is 0 Å². The predicted molar refractivity (Wildman–Crippen MR) is 107 cm³/mol. The van der Waals surface area contributed by atoms with Crippen LogP contribution in [0.4, 0.5) is 4.39 Å². The van der Waals surface area contributed by atoms with Gasteiger partial charge in [0.15, 0.2) is 0 Å². The number of hydrogen-bond donors (Lipinski definition) is 1. The second kappa shape index (κ2) is 7.95. The number of rotatable bonds is 6. The Kier molecular flexibility index (Phi) is 5.40. The van der Waals surface area contributed by atoms with Crippen LogP contribution in [-0.4, -0.2) is 35.7 Å². The van der Waals surface area contributed by atoms with Crippen molar-refractivity contribution in [3.8, 4) is 17.0 Å². The van der Waals surface area contributed by atoms with E-state index in [4.69, 9.17) is 4.74 Å². The number of nitrogens with one attached hydrogen (secondary N) is 1. The van der Waals surface area contributed by atoms with Gasteiger partial charge in [-0.3, -0.25) is 10.2 Å². The van der Waals surface area contributed by atoms with Crippen molar-refractivity contribution < 1.29 is 13.9 Å². The van der Waals surface area contributed by atoms with Gasteiger partial charge in [0, 0.05) is 30.9 Å². The summed E-state index contributed by atoms with van der Waals surface area (Å²) in [5.41, 5.74) is 6.14. The summed E-state index contributed by atoms with van der Waals surface area (Å²) in [6.45, 7) is 4.59. The van der Waals surface area contributed by atoms with Crippen LogP contribution in [-0.2, 0) is 6.54 Å². The number of amides is 1. The van der Waals surface area contributed by atoms with E-state index in [0.717, 1.165) is 43.9 Å². The minimum atomic E-state index is -0.313. The van der Waals surface area contributed by atoms with Crippen molar-refractivity contribution in [3.05, 3.63) is 41.3 Å². The molecule has 2 aliphatic rings. The van der Waals surface area contributed by atoms with Gasteiger partial charge in [-0.2, -0.15) is 0 Å². The first-order valence-corrected chi connectivity index (χ1v) is 10.2. The number of aromatic nitrogens is 1. The monoisotopic (exact) mass is 385 g/mol. The smallest absolute Gasteiger partial charge is 0.267 e. The summed E-state index contributed by atoms with van der Waals surface area (Å²) in [5, 5.41) is 2.01. The number of ether oxygens (including phenoxy) is 1. The number of nitrogens with zero attached hydrogens (tertiary/aromatic N) is 2. The molecule has 1 aliphatic carbocycles. The van der Waals surface area contributed by atoms with Crippen LogP contribution in [0.1, 0.15) is 48.2 Å². The number of hydrogen-bond acceptors (Lipinski definition) is 3. The zero-order chi connectivity index (χ0) is 19.7. The third-order valence-electron chi connectivity index (χ3n) is 5.80. The van der Waals surface area contributed by atoms with Crippen LogP contribution in [0.25, 0.3) is 11.3 Å². The summed E-state index contributed by atoms with van der Waals surface area (Å²) in [4.78, 5) is 13.0. The molecule has 1 N–H and O–H groups in total. The topological polar surface area (TPSA) is 46.5 Å². The van der Waals surface area contributed by atoms with E-state index in [9.17, 15) is 9.18 Å². The number of benzene rings is 1. The van der Waals surface area contributed by atoms with Crippen molar-refractivity contribution in [1.29, 1.82) is 0 Å². The maximum atomic E-state index is 14.0. The van der Waals surface area contributed by atoms with E-state index in [1.54, 1.807) is 13.2 Å². The zero-order valence-corrected chi connectivity index (χ0v) is 16.6. The summed E-state index contributed by atoms with van der Waals surface area (Å²) in [5.74, 6) is 0.832. The number of carbonyl (C=O) groups is 1. The van der Waals surface area contributed by atoms with Crippen molar-refractivity contribution in [1.82, 2.24) is 15.0 Å². The number of carbonyl (C=O) groups excluding carboxylic acids is 1. The van der Waals surface area contributed by atoms with Crippen LogP contribution in [0.2, 0.25) is 0 Å². The zero-order valence-electron chi connectivity index (χ0n) is 16.6. The number of methoxy groups -OCH3 is 1. The Morgan fingerprint density at radius 3 is 2.64 bits per heavy atom. The fourth-order valence-corrected chi connectivity index (χ4v) is 3.98. The molecule has 0 radical (unpaired) electrons. The van der Waals surface area contributed by atoms with Gasteiger partial charge in [0.05, 0.1) is 18.4 Å². The molecule has 2 aromatic rings. The van der Waals surface area contributed by atoms with Crippen LogP contribution in [0, 0.1) is 18.7 Å². The third-order valence-corrected chi connectivity index (χ3v) is 5.80. The van der Waals surface area contributed by atoms with Crippen LogP contribution < -0.4 is 10.2 Å². The molecule has 2 fully saturated rings. The van der Waals surface area contributed by atoms with E-state index in [1.807, 2.05) is 18.0 Å². The molecular formula is C22H28FN3O2. The lowest BCUT2D eigenvalue weighted by Gasteiger charge is -2.26. The minimum Gasteiger partial charge on any atom is -0.496 e. The van der Waals surface area contributed by atoms with Crippen molar-refractivity contribution >= 4 is 5.91 Å². The molecule has 0 atom stereocenters. The lowest BCUT2D eigenvalue weighted by atomic mass is 10.1. The maximum absolute atomic E-state index is 14.0. The van der Waals surface area contributed by atoms with E-state index >= 15 is 0 Å². The average Bonchev–Trinajstić information content (AvgIpc) is 3.46. The molecule has 1 saturated heterocycles. The summed E-state index contributed by atoms with van der Waals surface area (Å²) in [7, 11) is 1.59. The molecule has 1 amide bonds. The molecule has 1 aromatic heterocycles. The maximum Gasteiger partial charge on any atom is 0.267 e. The second-order valence-electron chi connectivity index (χ2n) is 7.92. The van der Waals surface area contributed by atoms with E-state index in [0.29, 0.717) is 22.8 Å². The fourth-order valence-electron chi connectivity index (χ4n) is 3.98. The lowest BCUT2D eigenvalue weighted by molar-refractivity contribution is 0.0749. The molecule has 1 aliphatic heterocycles. The molecular weight excluding hydrogens is 357 g/mol. The Bertz CT molecular complexity index is 867. The van der Waals surface area contributed by atoms with Gasteiger partial charge in [-0.1, -0.05) is 6.42 Å². The van der Waals surface area contributed by atoms with Gasteiger partial charge in [-0.15, -0.1) is 0 Å². The first-order valence-electron chi connectivity index (χ1n) is 10.2. The Labute approximate surface area is 165 Å². The van der Waals surface area contributed by atoms with Crippen LogP contribution in [0.15, 0.2) is 24.3 Å². The highest BCUT2D eigenvalue weighted by Crippen LogP contribution is 2.38. The van der Waals surface area contributed by atoms with E-state index in [1.165, 1.54) is 31.4 Å². The number of hydrazine groups is 1. The van der Waals surface area contributed by atoms with Crippen molar-refractivity contribution in [3.63, 3.8) is 0 Å². The first kappa shape index (κ1) is 19.0. The van der Waals surface area contributed by atoms with Gasteiger partial charge < -0.3 is 9.30 Å². The Morgan fingerprint density at radius 2 is 1.96 bits per heavy atom. The Hall–Kier alpha value is -2.34. The van der Waals surface area contributed by atoms with Gasteiger partial charge >= 0.3 is 0 Å². The molecule has 1 saturated carbocycles. The standard InChI is InChI=1S/C22H28FN3O2/c1-15-18(22(27)24-25-10-4-3-5-11-25)13-20(26(15)14-16-6-7-16)19-12-17(23)8-9-21(19)28-2/h8-9,12-13,16H,3-7,10-11,14H2,1-2H3,(H,24,27). The highest BCUT2D eigenvalue weighted by molar-refractivity contribution is 5.97. The van der Waals surface area contributed by atoms with Gasteiger partial charge in [-0.05, 0) is 62.8 Å². The van der Waals surface area contributed by atoms with E-state index < -0.39 is 0 Å². The highest BCUT2D eigenvalue weighted by atomic mass is 19.1. The summed E-state index contributed by atoms with van der Waals surface area (Å²) in [6, 6.07) is 6.41. The second-order valence-corrected chi connectivity index (χ2v) is 7.92. The van der Waals surface area contributed by atoms with Crippen LogP contribution in [0.3, 0.4) is 0 Å². The molecule has 0 unspecified atom stereocenters. The predicted octanol–water partition coefficient (Wildman–Crippen LogP) is 4.15. The number of halogens is 1. The van der Waals surface area contributed by atoms with E-state index in [-0.39, 0.29) is 11.7 Å². The SMILES string of the molecule is COc1ccc(F)cc1-c1cc(C(=O)NN2CCCCC2)c(C)n1CC1CC1. The Morgan fingerprint density at radius 1 is 1.21 bits per heavy atom. The van der Waals surface area contributed by atoms with Crippen molar-refractivity contribution in [2.24, 2.45) is 5.92 Å². The molecule has 1 aromatic carbocycles. The molecule has 0 bridgehead atoms. The summed E-state index contributed by atoms with van der Waals surface area (Å²) in [6.07, 6.45) is 5.83. The molecule has 28 heavy (non-hydrogen) atoms. The lowest BCUT2D eigenvalue weighted by Crippen LogP contribution is -2.45. The molecule has 6 heteroatoms. The minimum absolute atomic E-state index is 0.0921. The molecule has 5 nitrogen and oxygen atoms in total. The summed E-state index contributed by atoms with van der Waals surface area (Å²) < 4.78 is 21.6. The van der Waals surface area contributed by atoms with Crippen molar-refractivity contribution in [2.75, 3.05) is 20.2 Å². The average molecular weight is 385 g/mol. The Balaban J connectivity index is 1.70. The van der Waals surface area contributed by atoms with Crippen molar-refractivity contribution in [2.45, 2.75) is 45.6 Å². The molecule has 4 rings (SSSR count). The molecule has 0 spiro atoms. The van der Waals surface area contributed by atoms with Gasteiger partial charge in [-0.25, -0.2) is 9.40 Å². The largest absolute Gasteiger partial charge is 0.496 e. The molecule has 150 valence electrons. The fraction of sp³-hybridized carbons (Fsp3) is 0.500. The van der Waals surface area contributed by atoms with Gasteiger partial charge in [0.25, 0.3) is 5.91 Å². The third kappa shape index (κ3) is 3.92. The van der Waals surface area contributed by atoms with E-state index in [2.05, 4.69) is 9.99 Å². The highest BCUT2D eigenvalue weighted by Gasteiger charge is 2.27. The van der Waals surface area contributed by atoms with Gasteiger partial charge in [0.1, 0.15) is 11.6 Å². The molecule has 2 heterocycles. The number of piperidine rings is 1. The summed E-state index contributed by atoms with van der Waals surface area (Å²) >= 11 is 0. The first-order chi connectivity index (χ1) is 13.6.